The van der Waals surface area contributed by atoms with Crippen LogP contribution in [0.15, 0.2) is 48.8 Å². The van der Waals surface area contributed by atoms with Gasteiger partial charge in [-0.25, -0.2) is 0 Å². The third-order valence-corrected chi connectivity index (χ3v) is 4.76. The summed E-state index contributed by atoms with van der Waals surface area (Å²) in [6.45, 7) is 3.87. The van der Waals surface area contributed by atoms with Crippen molar-refractivity contribution < 1.29 is 14.2 Å². The molecule has 1 aromatic heterocycles. The fourth-order valence-corrected chi connectivity index (χ4v) is 3.44. The molecular weight excluding hydrogens is 328 g/mol. The van der Waals surface area contributed by atoms with Gasteiger partial charge in [0.05, 0.1) is 20.3 Å². The number of hydrogen-bond acceptors (Lipinski definition) is 5. The molecule has 1 aromatic carbocycles. The van der Waals surface area contributed by atoms with E-state index in [1.165, 1.54) is 24.8 Å². The molecule has 5 heteroatoms. The Kier molecular flexibility index (Phi) is 7.28. The van der Waals surface area contributed by atoms with Crippen LogP contribution in [0.1, 0.15) is 30.9 Å². The first-order chi connectivity index (χ1) is 12.9. The van der Waals surface area contributed by atoms with E-state index in [1.54, 1.807) is 7.11 Å². The second kappa shape index (κ2) is 10.1. The van der Waals surface area contributed by atoms with Crippen LogP contribution in [0.3, 0.4) is 0 Å². The number of benzene rings is 1. The van der Waals surface area contributed by atoms with Crippen LogP contribution >= 0.6 is 0 Å². The maximum absolute atomic E-state index is 5.79. The summed E-state index contributed by atoms with van der Waals surface area (Å²) in [7, 11) is 1.65. The molecule has 1 aliphatic rings. The number of nitrogens with zero attached hydrogens (tertiary/aromatic N) is 2. The average Bonchev–Trinajstić information content (AvgIpc) is 2.72. The maximum atomic E-state index is 5.79. The molecule has 1 saturated heterocycles. The molecule has 1 unspecified atom stereocenters. The van der Waals surface area contributed by atoms with Crippen LogP contribution in [0.5, 0.6) is 11.5 Å². The molecule has 0 aliphatic carbocycles. The van der Waals surface area contributed by atoms with Crippen LogP contribution in [0, 0.1) is 0 Å². The van der Waals surface area contributed by atoms with E-state index >= 15 is 0 Å². The highest BCUT2D eigenvalue weighted by Gasteiger charge is 2.23. The number of hydrogen-bond donors (Lipinski definition) is 0. The van der Waals surface area contributed by atoms with Gasteiger partial charge in [0.2, 0.25) is 0 Å². The molecule has 2 aromatic rings. The zero-order valence-corrected chi connectivity index (χ0v) is 15.5. The van der Waals surface area contributed by atoms with E-state index in [2.05, 4.69) is 16.0 Å². The molecule has 2 heterocycles. The monoisotopic (exact) mass is 356 g/mol. The minimum absolute atomic E-state index is 0.464. The predicted molar refractivity (Wildman–Crippen MR) is 102 cm³/mol. The van der Waals surface area contributed by atoms with Crippen molar-refractivity contribution in [2.75, 3.05) is 40.0 Å². The van der Waals surface area contributed by atoms with Gasteiger partial charge in [0, 0.05) is 25.0 Å². The standard InChI is InChI=1S/C21H28N2O3/c1-24-20-9-2-3-10-21(20)26-16-15-25-14-13-23-12-5-4-8-19(23)18-7-6-11-22-17-18/h2-3,6-7,9-11,17,19H,4-5,8,12-16H2,1H3. The smallest absolute Gasteiger partial charge is 0.161 e. The van der Waals surface area contributed by atoms with Crippen LogP contribution in [0.4, 0.5) is 0 Å². The first-order valence-electron chi connectivity index (χ1n) is 9.36. The molecule has 140 valence electrons. The Bertz CT molecular complexity index is 651. The van der Waals surface area contributed by atoms with Gasteiger partial charge in [0.25, 0.3) is 0 Å². The second-order valence-electron chi connectivity index (χ2n) is 6.45. The molecular formula is C21H28N2O3. The van der Waals surface area contributed by atoms with Crippen LogP contribution in [0.2, 0.25) is 0 Å². The summed E-state index contributed by atoms with van der Waals surface area (Å²) in [4.78, 5) is 6.79. The molecule has 3 rings (SSSR count). The van der Waals surface area contributed by atoms with Crippen molar-refractivity contribution in [3.63, 3.8) is 0 Å². The summed E-state index contributed by atoms with van der Waals surface area (Å²) < 4.78 is 16.8. The summed E-state index contributed by atoms with van der Waals surface area (Å²) >= 11 is 0. The van der Waals surface area contributed by atoms with Crippen LogP contribution in [-0.4, -0.2) is 49.9 Å². The Morgan fingerprint density at radius 1 is 1.04 bits per heavy atom. The highest BCUT2D eigenvalue weighted by Crippen LogP contribution is 2.30. The van der Waals surface area contributed by atoms with Gasteiger partial charge in [0.1, 0.15) is 6.61 Å². The van der Waals surface area contributed by atoms with Crippen molar-refractivity contribution in [2.45, 2.75) is 25.3 Å². The lowest BCUT2D eigenvalue weighted by Gasteiger charge is -2.35. The fourth-order valence-electron chi connectivity index (χ4n) is 3.44. The van der Waals surface area contributed by atoms with Gasteiger partial charge < -0.3 is 14.2 Å². The number of rotatable bonds is 9. The van der Waals surface area contributed by atoms with Gasteiger partial charge in [-0.05, 0) is 43.1 Å². The van der Waals surface area contributed by atoms with E-state index < -0.39 is 0 Å². The maximum Gasteiger partial charge on any atom is 0.161 e. The predicted octanol–water partition coefficient (Wildman–Crippen LogP) is 3.71. The fraction of sp³-hybridized carbons (Fsp3) is 0.476. The normalized spacial score (nSPS) is 17.8. The van der Waals surface area contributed by atoms with Gasteiger partial charge in [-0.15, -0.1) is 0 Å². The Balaban J connectivity index is 1.38. The highest BCUT2D eigenvalue weighted by molar-refractivity contribution is 5.39. The molecule has 0 spiro atoms. The van der Waals surface area contributed by atoms with E-state index in [0.29, 0.717) is 25.9 Å². The molecule has 5 nitrogen and oxygen atoms in total. The quantitative estimate of drug-likeness (QED) is 0.641. The first kappa shape index (κ1) is 18.7. The molecule has 0 N–H and O–H groups in total. The molecule has 26 heavy (non-hydrogen) atoms. The third kappa shape index (κ3) is 5.19. The van der Waals surface area contributed by atoms with Gasteiger partial charge >= 0.3 is 0 Å². The van der Waals surface area contributed by atoms with E-state index in [1.807, 2.05) is 42.7 Å². The molecule has 1 fully saturated rings. The number of ether oxygens (including phenoxy) is 3. The van der Waals surface area contributed by atoms with Crippen molar-refractivity contribution in [1.29, 1.82) is 0 Å². The Morgan fingerprint density at radius 3 is 2.73 bits per heavy atom. The minimum atomic E-state index is 0.464. The van der Waals surface area contributed by atoms with Gasteiger partial charge in [-0.3, -0.25) is 9.88 Å². The van der Waals surface area contributed by atoms with Gasteiger partial charge in [-0.2, -0.15) is 0 Å². The minimum Gasteiger partial charge on any atom is -0.493 e. The number of para-hydroxylation sites is 2. The SMILES string of the molecule is COc1ccccc1OCCOCCN1CCCCC1c1cccnc1. The molecule has 1 aliphatic heterocycles. The van der Waals surface area contributed by atoms with Crippen molar-refractivity contribution >= 4 is 0 Å². The molecule has 0 bridgehead atoms. The molecule has 0 amide bonds. The third-order valence-electron chi connectivity index (χ3n) is 4.76. The van der Waals surface area contributed by atoms with Crippen molar-refractivity contribution in [3.05, 3.63) is 54.4 Å². The molecule has 1 atom stereocenters. The van der Waals surface area contributed by atoms with Gasteiger partial charge in [0.15, 0.2) is 11.5 Å². The lowest BCUT2D eigenvalue weighted by Crippen LogP contribution is -2.36. The summed E-state index contributed by atoms with van der Waals surface area (Å²) in [5, 5.41) is 0. The zero-order valence-electron chi connectivity index (χ0n) is 15.5. The summed E-state index contributed by atoms with van der Waals surface area (Å²) in [5.41, 5.74) is 1.31. The average molecular weight is 356 g/mol. The van der Waals surface area contributed by atoms with Crippen LogP contribution < -0.4 is 9.47 Å². The van der Waals surface area contributed by atoms with E-state index in [0.717, 1.165) is 24.6 Å². The Morgan fingerprint density at radius 2 is 1.92 bits per heavy atom. The van der Waals surface area contributed by atoms with Crippen molar-refractivity contribution in [1.82, 2.24) is 9.88 Å². The molecule has 0 radical (unpaired) electrons. The van der Waals surface area contributed by atoms with Crippen molar-refractivity contribution in [3.8, 4) is 11.5 Å². The molecule has 0 saturated carbocycles. The van der Waals surface area contributed by atoms with E-state index in [9.17, 15) is 0 Å². The number of pyridine rings is 1. The summed E-state index contributed by atoms with van der Waals surface area (Å²) in [5.74, 6) is 1.51. The number of piperidine rings is 1. The number of likely N-dealkylation sites (tertiary alicyclic amines) is 1. The van der Waals surface area contributed by atoms with Gasteiger partial charge in [-0.1, -0.05) is 24.6 Å². The Labute approximate surface area is 155 Å². The number of aromatic nitrogens is 1. The van der Waals surface area contributed by atoms with Crippen LogP contribution in [0.25, 0.3) is 0 Å². The number of methoxy groups -OCH3 is 1. The Hall–Kier alpha value is -2.11. The highest BCUT2D eigenvalue weighted by atomic mass is 16.5. The summed E-state index contributed by atoms with van der Waals surface area (Å²) in [6.07, 6.45) is 7.56. The second-order valence-corrected chi connectivity index (χ2v) is 6.45. The van der Waals surface area contributed by atoms with E-state index in [4.69, 9.17) is 14.2 Å². The van der Waals surface area contributed by atoms with Crippen LogP contribution in [-0.2, 0) is 4.74 Å². The summed E-state index contributed by atoms with van der Waals surface area (Å²) in [6, 6.07) is 12.3. The topological polar surface area (TPSA) is 43.8 Å². The first-order valence-corrected chi connectivity index (χ1v) is 9.36. The zero-order chi connectivity index (χ0) is 18.0. The lowest BCUT2D eigenvalue weighted by molar-refractivity contribution is 0.0567. The van der Waals surface area contributed by atoms with E-state index in [-0.39, 0.29) is 0 Å². The lowest BCUT2D eigenvalue weighted by atomic mass is 9.96. The van der Waals surface area contributed by atoms with Crippen molar-refractivity contribution in [2.24, 2.45) is 0 Å². The largest absolute Gasteiger partial charge is 0.493 e.